The first-order chi connectivity index (χ1) is 18.9. The topological polar surface area (TPSA) is 67.9 Å². The monoisotopic (exact) mass is 568 g/mol. The highest BCUT2D eigenvalue weighted by molar-refractivity contribution is 6.42. The second-order valence-electron chi connectivity index (χ2n) is 9.60. The molecule has 1 heterocycles. The number of nitrogens with one attached hydrogen (secondary N) is 1. The summed E-state index contributed by atoms with van der Waals surface area (Å²) in [5, 5.41) is 3.89. The maximum atomic E-state index is 13.9. The van der Waals surface area contributed by atoms with Crippen LogP contribution in [0.25, 0.3) is 0 Å². The predicted molar refractivity (Wildman–Crippen MR) is 155 cm³/mol. The molecule has 1 aliphatic heterocycles. The lowest BCUT2D eigenvalue weighted by atomic mass is 10.0. The largest absolute Gasteiger partial charge is 0.486 e. The molecular formula is C31H34Cl2N2O4. The third kappa shape index (κ3) is 8.13. The SMILES string of the molecule is CCCCNC(=O)C(Cc1ccccc1)N(Cc1ccc(Cl)c(Cl)c1)C(=O)CCc1ccc2c(c1)OCCO2. The van der Waals surface area contributed by atoms with E-state index in [4.69, 9.17) is 32.7 Å². The molecule has 206 valence electrons. The molecule has 0 saturated heterocycles. The molecule has 0 fully saturated rings. The molecule has 0 aliphatic carbocycles. The number of carbonyl (C=O) groups is 2. The molecule has 1 unspecified atom stereocenters. The van der Waals surface area contributed by atoms with Gasteiger partial charge in [-0.05, 0) is 53.8 Å². The Kier molecular flexibility index (Phi) is 10.5. The second kappa shape index (κ2) is 14.2. The van der Waals surface area contributed by atoms with Crippen molar-refractivity contribution in [3.63, 3.8) is 0 Å². The van der Waals surface area contributed by atoms with Gasteiger partial charge in [0.1, 0.15) is 19.3 Å². The van der Waals surface area contributed by atoms with Gasteiger partial charge < -0.3 is 19.7 Å². The third-order valence-corrected chi connectivity index (χ3v) is 7.41. The van der Waals surface area contributed by atoms with Crippen LogP contribution in [0.1, 0.15) is 42.9 Å². The Hall–Kier alpha value is -3.22. The molecule has 6 nitrogen and oxygen atoms in total. The number of rotatable bonds is 12. The first-order valence-electron chi connectivity index (χ1n) is 13.4. The number of unbranched alkanes of at least 4 members (excludes halogenated alkanes) is 1. The Labute approximate surface area is 240 Å². The Morgan fingerprint density at radius 3 is 2.38 bits per heavy atom. The number of hydrogen-bond acceptors (Lipinski definition) is 4. The van der Waals surface area contributed by atoms with Crippen LogP contribution in [0.15, 0.2) is 66.7 Å². The van der Waals surface area contributed by atoms with E-state index in [1.165, 1.54) is 0 Å². The van der Waals surface area contributed by atoms with E-state index in [0.29, 0.717) is 54.1 Å². The number of halogens is 2. The van der Waals surface area contributed by atoms with Crippen molar-refractivity contribution in [3.8, 4) is 11.5 Å². The molecule has 1 atom stereocenters. The number of aryl methyl sites for hydroxylation is 1. The van der Waals surface area contributed by atoms with E-state index in [0.717, 1.165) is 29.5 Å². The van der Waals surface area contributed by atoms with E-state index in [-0.39, 0.29) is 24.8 Å². The molecular weight excluding hydrogens is 535 g/mol. The molecule has 0 saturated carbocycles. The van der Waals surface area contributed by atoms with Crippen molar-refractivity contribution in [2.75, 3.05) is 19.8 Å². The number of amides is 2. The van der Waals surface area contributed by atoms with E-state index in [1.807, 2.05) is 54.6 Å². The standard InChI is InChI=1S/C31H34Cl2N2O4/c1-2-3-15-34-31(37)27(19-22-7-5-4-6-8-22)35(21-24-9-12-25(32)26(33)18-24)30(36)14-11-23-10-13-28-29(20-23)39-17-16-38-28/h4-10,12-13,18,20,27H,2-3,11,14-17,19,21H2,1H3,(H,34,37). The number of nitrogens with zero attached hydrogens (tertiary/aromatic N) is 1. The van der Waals surface area contributed by atoms with Gasteiger partial charge in [0.25, 0.3) is 0 Å². The summed E-state index contributed by atoms with van der Waals surface area (Å²) in [6.45, 7) is 3.90. The highest BCUT2D eigenvalue weighted by Gasteiger charge is 2.30. The van der Waals surface area contributed by atoms with Crippen molar-refractivity contribution in [2.45, 2.75) is 51.6 Å². The maximum Gasteiger partial charge on any atom is 0.243 e. The van der Waals surface area contributed by atoms with Crippen LogP contribution < -0.4 is 14.8 Å². The quantitative estimate of drug-likeness (QED) is 0.262. The summed E-state index contributed by atoms with van der Waals surface area (Å²) >= 11 is 12.4. The molecule has 1 N–H and O–H groups in total. The first-order valence-corrected chi connectivity index (χ1v) is 14.1. The smallest absolute Gasteiger partial charge is 0.243 e. The van der Waals surface area contributed by atoms with E-state index in [1.54, 1.807) is 17.0 Å². The van der Waals surface area contributed by atoms with Crippen LogP contribution in [0.3, 0.4) is 0 Å². The van der Waals surface area contributed by atoms with Gasteiger partial charge in [-0.1, -0.05) is 79.0 Å². The van der Waals surface area contributed by atoms with Crippen molar-refractivity contribution in [1.82, 2.24) is 10.2 Å². The van der Waals surface area contributed by atoms with Crippen LogP contribution in [0.2, 0.25) is 10.0 Å². The van der Waals surface area contributed by atoms with Crippen molar-refractivity contribution in [3.05, 3.63) is 93.5 Å². The van der Waals surface area contributed by atoms with Crippen LogP contribution in [0.4, 0.5) is 0 Å². The number of ether oxygens (including phenoxy) is 2. The summed E-state index contributed by atoms with van der Waals surface area (Å²) in [6, 6.07) is 20.1. The van der Waals surface area contributed by atoms with Crippen LogP contribution in [0, 0.1) is 0 Å². The third-order valence-electron chi connectivity index (χ3n) is 6.67. The predicted octanol–water partition coefficient (Wildman–Crippen LogP) is 6.25. The molecule has 4 rings (SSSR count). The van der Waals surface area contributed by atoms with Gasteiger partial charge in [-0.3, -0.25) is 9.59 Å². The van der Waals surface area contributed by atoms with Gasteiger partial charge in [-0.2, -0.15) is 0 Å². The Morgan fingerprint density at radius 1 is 0.897 bits per heavy atom. The van der Waals surface area contributed by atoms with Gasteiger partial charge in [0.05, 0.1) is 10.0 Å². The first kappa shape index (κ1) is 28.8. The molecule has 1 aliphatic rings. The summed E-state index contributed by atoms with van der Waals surface area (Å²) in [6.07, 6.45) is 2.97. The van der Waals surface area contributed by atoms with E-state index in [2.05, 4.69) is 12.2 Å². The summed E-state index contributed by atoms with van der Waals surface area (Å²) in [5.74, 6) is 1.11. The zero-order valence-electron chi connectivity index (χ0n) is 22.1. The molecule has 3 aromatic rings. The Balaban J connectivity index is 1.59. The van der Waals surface area contributed by atoms with E-state index >= 15 is 0 Å². The molecule has 8 heteroatoms. The minimum absolute atomic E-state index is 0.123. The van der Waals surface area contributed by atoms with Crippen LogP contribution in [-0.2, 0) is 29.0 Å². The van der Waals surface area contributed by atoms with Crippen molar-refractivity contribution in [1.29, 1.82) is 0 Å². The summed E-state index contributed by atoms with van der Waals surface area (Å²) < 4.78 is 11.3. The Morgan fingerprint density at radius 2 is 1.64 bits per heavy atom. The normalized spacial score (nSPS) is 13.0. The fourth-order valence-corrected chi connectivity index (χ4v) is 4.85. The van der Waals surface area contributed by atoms with Gasteiger partial charge in [0, 0.05) is 25.9 Å². The maximum absolute atomic E-state index is 13.9. The summed E-state index contributed by atoms with van der Waals surface area (Å²) in [5.41, 5.74) is 2.75. The van der Waals surface area contributed by atoms with Crippen LogP contribution in [-0.4, -0.2) is 42.5 Å². The molecule has 39 heavy (non-hydrogen) atoms. The minimum atomic E-state index is -0.688. The van der Waals surface area contributed by atoms with Gasteiger partial charge in [0.15, 0.2) is 11.5 Å². The van der Waals surface area contributed by atoms with Gasteiger partial charge >= 0.3 is 0 Å². The van der Waals surface area contributed by atoms with Crippen molar-refractivity contribution in [2.24, 2.45) is 0 Å². The average Bonchev–Trinajstić information content (AvgIpc) is 2.96. The zero-order valence-corrected chi connectivity index (χ0v) is 23.6. The molecule has 3 aromatic carbocycles. The summed E-state index contributed by atoms with van der Waals surface area (Å²) in [4.78, 5) is 29.1. The lowest BCUT2D eigenvalue weighted by Gasteiger charge is -2.32. The van der Waals surface area contributed by atoms with Crippen molar-refractivity contribution >= 4 is 35.0 Å². The van der Waals surface area contributed by atoms with Crippen LogP contribution in [0.5, 0.6) is 11.5 Å². The van der Waals surface area contributed by atoms with Gasteiger partial charge in [-0.15, -0.1) is 0 Å². The van der Waals surface area contributed by atoms with E-state index in [9.17, 15) is 9.59 Å². The van der Waals surface area contributed by atoms with E-state index < -0.39 is 6.04 Å². The fourth-order valence-electron chi connectivity index (χ4n) is 4.53. The lowest BCUT2D eigenvalue weighted by Crippen LogP contribution is -2.50. The molecule has 0 spiro atoms. The number of hydrogen-bond donors (Lipinski definition) is 1. The molecule has 2 amide bonds. The number of carbonyl (C=O) groups excluding carboxylic acids is 2. The van der Waals surface area contributed by atoms with Gasteiger partial charge in [0.2, 0.25) is 11.8 Å². The van der Waals surface area contributed by atoms with Crippen molar-refractivity contribution < 1.29 is 19.1 Å². The van der Waals surface area contributed by atoms with Crippen LogP contribution >= 0.6 is 23.2 Å². The molecule has 0 aromatic heterocycles. The highest BCUT2D eigenvalue weighted by Crippen LogP contribution is 2.31. The molecule has 0 bridgehead atoms. The number of fused-ring (bicyclic) bond motifs is 1. The fraction of sp³-hybridized carbons (Fsp3) is 0.355. The molecule has 0 radical (unpaired) electrons. The summed E-state index contributed by atoms with van der Waals surface area (Å²) in [7, 11) is 0. The highest BCUT2D eigenvalue weighted by atomic mass is 35.5. The zero-order chi connectivity index (χ0) is 27.6. The van der Waals surface area contributed by atoms with Gasteiger partial charge in [-0.25, -0.2) is 0 Å². The average molecular weight is 570 g/mol. The lowest BCUT2D eigenvalue weighted by molar-refractivity contribution is -0.141. The Bertz CT molecular complexity index is 1270. The minimum Gasteiger partial charge on any atom is -0.486 e. The number of benzene rings is 3. The second-order valence-corrected chi connectivity index (χ2v) is 10.4.